The zero-order chi connectivity index (χ0) is 19.6. The smallest absolute Gasteiger partial charge is 0.132 e. The van der Waals surface area contributed by atoms with Gasteiger partial charge in [-0.1, -0.05) is 30.3 Å². The number of fused-ring (bicyclic) bond motifs is 1. The summed E-state index contributed by atoms with van der Waals surface area (Å²) in [6.07, 6.45) is 1.23. The van der Waals surface area contributed by atoms with E-state index in [1.165, 1.54) is 12.1 Å². The van der Waals surface area contributed by atoms with Gasteiger partial charge in [0, 0.05) is 35.8 Å². The summed E-state index contributed by atoms with van der Waals surface area (Å²) in [4.78, 5) is 1.93. The Balaban J connectivity index is 2.08. The molecular formula is C22H27FN2O2. The van der Waals surface area contributed by atoms with Crippen LogP contribution in [0, 0.1) is 5.82 Å². The monoisotopic (exact) mass is 370 g/mol. The van der Waals surface area contributed by atoms with Crippen LogP contribution in [-0.4, -0.2) is 35.2 Å². The summed E-state index contributed by atoms with van der Waals surface area (Å²) in [5, 5.41) is 11.5. The van der Waals surface area contributed by atoms with Crippen LogP contribution in [0.5, 0.6) is 5.75 Å². The second kappa shape index (κ2) is 8.11. The van der Waals surface area contributed by atoms with E-state index >= 15 is 0 Å². The molecule has 0 radical (unpaired) electrons. The molecule has 0 aliphatic rings. The Hall–Kier alpha value is -2.37. The van der Waals surface area contributed by atoms with Crippen molar-refractivity contribution in [3.8, 4) is 5.75 Å². The maximum Gasteiger partial charge on any atom is 0.132 e. The summed E-state index contributed by atoms with van der Waals surface area (Å²) in [5.74, 6) is 0.111. The molecule has 1 unspecified atom stereocenters. The molecule has 3 rings (SSSR count). The lowest BCUT2D eigenvalue weighted by atomic mass is 10.1. The largest absolute Gasteiger partial charge is 0.488 e. The van der Waals surface area contributed by atoms with Crippen LogP contribution in [0.3, 0.4) is 0 Å². The lowest BCUT2D eigenvalue weighted by Gasteiger charge is -2.16. The van der Waals surface area contributed by atoms with Crippen molar-refractivity contribution in [3.63, 3.8) is 0 Å². The average Bonchev–Trinajstić information content (AvgIpc) is 2.99. The van der Waals surface area contributed by atoms with Crippen LogP contribution in [0.15, 0.2) is 48.7 Å². The molecule has 0 spiro atoms. The lowest BCUT2D eigenvalue weighted by Crippen LogP contribution is -2.20. The van der Waals surface area contributed by atoms with E-state index in [1.807, 2.05) is 73.9 Å². The molecule has 27 heavy (non-hydrogen) atoms. The van der Waals surface area contributed by atoms with Gasteiger partial charge in [-0.2, -0.15) is 0 Å². The van der Waals surface area contributed by atoms with Crippen molar-refractivity contribution in [2.45, 2.75) is 32.6 Å². The normalized spacial score (nSPS) is 12.9. The van der Waals surface area contributed by atoms with E-state index in [1.54, 1.807) is 0 Å². The molecule has 3 aromatic rings. The minimum Gasteiger partial charge on any atom is -0.488 e. The fourth-order valence-electron chi connectivity index (χ4n) is 3.32. The Labute approximate surface area is 159 Å². The van der Waals surface area contributed by atoms with E-state index in [0.29, 0.717) is 18.9 Å². The Kier molecular flexibility index (Phi) is 5.82. The summed E-state index contributed by atoms with van der Waals surface area (Å²) in [6, 6.07) is 12.8. The highest BCUT2D eigenvalue weighted by atomic mass is 19.1. The van der Waals surface area contributed by atoms with Gasteiger partial charge in [-0.25, -0.2) is 4.39 Å². The zero-order valence-electron chi connectivity index (χ0n) is 16.3. The van der Waals surface area contributed by atoms with Gasteiger partial charge in [-0.05, 0) is 39.6 Å². The minimum atomic E-state index is -0.688. The second-order valence-corrected chi connectivity index (χ2v) is 7.44. The number of aliphatic hydroxyl groups is 1. The van der Waals surface area contributed by atoms with Crippen LogP contribution in [0.1, 0.15) is 37.1 Å². The summed E-state index contributed by atoms with van der Waals surface area (Å²) >= 11 is 0. The summed E-state index contributed by atoms with van der Waals surface area (Å²) in [6.45, 7) is 4.90. The van der Waals surface area contributed by atoms with E-state index in [2.05, 4.69) is 0 Å². The van der Waals surface area contributed by atoms with Gasteiger partial charge in [0.05, 0.1) is 11.6 Å². The number of likely N-dealkylation sites (N-methyl/N-ethyl adjacent to an activating group) is 1. The first-order valence-corrected chi connectivity index (χ1v) is 9.20. The third-order valence-corrected chi connectivity index (χ3v) is 4.58. The maximum absolute atomic E-state index is 14.3. The van der Waals surface area contributed by atoms with Crippen molar-refractivity contribution in [1.29, 1.82) is 0 Å². The first kappa shape index (κ1) is 19.4. The van der Waals surface area contributed by atoms with Gasteiger partial charge in [0.1, 0.15) is 18.2 Å². The Bertz CT molecular complexity index is 904. The molecule has 5 heteroatoms. The van der Waals surface area contributed by atoms with Gasteiger partial charge in [0.25, 0.3) is 0 Å². The van der Waals surface area contributed by atoms with Crippen LogP contribution in [-0.2, 0) is 6.61 Å². The fraction of sp³-hybridized carbons (Fsp3) is 0.364. The molecule has 1 atom stereocenters. The first-order chi connectivity index (χ1) is 12.9. The molecular weight excluding hydrogens is 343 g/mol. The van der Waals surface area contributed by atoms with E-state index in [4.69, 9.17) is 4.74 Å². The zero-order valence-corrected chi connectivity index (χ0v) is 16.3. The van der Waals surface area contributed by atoms with Gasteiger partial charge >= 0.3 is 0 Å². The summed E-state index contributed by atoms with van der Waals surface area (Å²) in [7, 11) is 3.83. The highest BCUT2D eigenvalue weighted by Crippen LogP contribution is 2.37. The number of ether oxygens (including phenoxy) is 1. The first-order valence-electron chi connectivity index (χ1n) is 9.20. The van der Waals surface area contributed by atoms with E-state index in [-0.39, 0.29) is 11.9 Å². The highest BCUT2D eigenvalue weighted by molar-refractivity contribution is 5.90. The number of hydrogen-bond donors (Lipinski definition) is 1. The van der Waals surface area contributed by atoms with Crippen molar-refractivity contribution < 1.29 is 14.2 Å². The lowest BCUT2D eigenvalue weighted by molar-refractivity contribution is 0.139. The molecule has 144 valence electrons. The highest BCUT2D eigenvalue weighted by Gasteiger charge is 2.22. The summed E-state index contributed by atoms with van der Waals surface area (Å²) < 4.78 is 22.3. The molecule has 0 saturated carbocycles. The van der Waals surface area contributed by atoms with Crippen LogP contribution in [0.2, 0.25) is 0 Å². The quantitative estimate of drug-likeness (QED) is 0.664. The van der Waals surface area contributed by atoms with Gasteiger partial charge in [0.2, 0.25) is 0 Å². The van der Waals surface area contributed by atoms with Crippen LogP contribution >= 0.6 is 0 Å². The SMILES string of the molecule is CC(C)n1cc(C(O)CN(C)C)c2c(OCc3ccccc3)cc(F)cc21. The third-order valence-electron chi connectivity index (χ3n) is 4.58. The Morgan fingerprint density at radius 1 is 1.15 bits per heavy atom. The van der Waals surface area contributed by atoms with E-state index in [0.717, 1.165) is 22.0 Å². The Morgan fingerprint density at radius 3 is 2.48 bits per heavy atom. The third kappa shape index (κ3) is 4.31. The van der Waals surface area contributed by atoms with Crippen molar-refractivity contribution in [1.82, 2.24) is 9.47 Å². The molecule has 0 aliphatic heterocycles. The summed E-state index contributed by atoms with van der Waals surface area (Å²) in [5.41, 5.74) is 2.50. The molecule has 0 bridgehead atoms. The number of aliphatic hydroxyl groups excluding tert-OH is 1. The number of nitrogens with zero attached hydrogens (tertiary/aromatic N) is 2. The number of aromatic nitrogens is 1. The second-order valence-electron chi connectivity index (χ2n) is 7.44. The average molecular weight is 370 g/mol. The van der Waals surface area contributed by atoms with Crippen molar-refractivity contribution >= 4 is 10.9 Å². The number of hydrogen-bond acceptors (Lipinski definition) is 3. The van der Waals surface area contributed by atoms with Gasteiger partial charge in [-0.3, -0.25) is 0 Å². The maximum atomic E-state index is 14.3. The van der Waals surface area contributed by atoms with Crippen molar-refractivity contribution in [3.05, 3.63) is 65.6 Å². The molecule has 0 fully saturated rings. The standard InChI is InChI=1S/C22H27FN2O2/c1-15(2)25-12-18(20(26)13-24(3)4)22-19(25)10-17(23)11-21(22)27-14-16-8-6-5-7-9-16/h5-12,15,20,26H,13-14H2,1-4H3. The van der Waals surface area contributed by atoms with Crippen LogP contribution < -0.4 is 4.74 Å². The Morgan fingerprint density at radius 2 is 1.85 bits per heavy atom. The number of rotatable bonds is 7. The molecule has 1 aromatic heterocycles. The number of halogens is 1. The molecule has 4 nitrogen and oxygen atoms in total. The van der Waals surface area contributed by atoms with Crippen LogP contribution in [0.25, 0.3) is 10.9 Å². The van der Waals surface area contributed by atoms with Gasteiger partial charge < -0.3 is 19.3 Å². The number of benzene rings is 2. The van der Waals surface area contributed by atoms with E-state index < -0.39 is 6.10 Å². The van der Waals surface area contributed by atoms with Crippen molar-refractivity contribution in [2.24, 2.45) is 0 Å². The van der Waals surface area contributed by atoms with Gasteiger partial charge in [-0.15, -0.1) is 0 Å². The predicted octanol–water partition coefficient (Wildman–Crippen LogP) is 4.54. The molecule has 0 aliphatic carbocycles. The van der Waals surface area contributed by atoms with Crippen molar-refractivity contribution in [2.75, 3.05) is 20.6 Å². The molecule has 0 saturated heterocycles. The minimum absolute atomic E-state index is 0.136. The molecule has 1 N–H and O–H groups in total. The van der Waals surface area contributed by atoms with Crippen LogP contribution in [0.4, 0.5) is 4.39 Å². The van der Waals surface area contributed by atoms with E-state index in [9.17, 15) is 9.50 Å². The molecule has 2 aromatic carbocycles. The van der Waals surface area contributed by atoms with Gasteiger partial charge in [0.15, 0.2) is 0 Å². The molecule has 1 heterocycles. The topological polar surface area (TPSA) is 37.6 Å². The predicted molar refractivity (Wildman–Crippen MR) is 107 cm³/mol. The fourth-order valence-corrected chi connectivity index (χ4v) is 3.32. The molecule has 0 amide bonds.